The van der Waals surface area contributed by atoms with Crippen LogP contribution < -0.4 is 0 Å². The molecule has 1 aliphatic rings. The number of hydrogen-bond acceptors (Lipinski definition) is 4. The van der Waals surface area contributed by atoms with E-state index in [4.69, 9.17) is 21.4 Å². The predicted octanol–water partition coefficient (Wildman–Crippen LogP) is 5.73. The maximum atomic E-state index is 14.0. The Balaban J connectivity index is 1.60. The van der Waals surface area contributed by atoms with Gasteiger partial charge in [0.05, 0.1) is 18.8 Å². The number of β-amino-alcohol motifs (C(OH)–C–C–N with tert-alkyl or cyclic N) is 1. The molecule has 3 atom stereocenters. The number of hydrogen-bond donors (Lipinski definition) is 2. The van der Waals surface area contributed by atoms with Gasteiger partial charge in [0.15, 0.2) is 0 Å². The summed E-state index contributed by atoms with van der Waals surface area (Å²) in [5, 5.41) is 20.5. The highest BCUT2D eigenvalue weighted by atomic mass is 35.5. The van der Waals surface area contributed by atoms with E-state index in [0.717, 1.165) is 55.3 Å². The second kappa shape index (κ2) is 13.4. The minimum absolute atomic E-state index is 0.0390. The Hall–Kier alpha value is -1.99. The molecule has 1 fully saturated rings. The van der Waals surface area contributed by atoms with E-state index >= 15 is 0 Å². The van der Waals surface area contributed by atoms with Crippen LogP contribution in [0, 0.1) is 12.7 Å². The van der Waals surface area contributed by atoms with E-state index in [2.05, 4.69) is 11.8 Å². The second-order valence-electron chi connectivity index (χ2n) is 9.58. The molecule has 7 heteroatoms. The van der Waals surface area contributed by atoms with Crippen molar-refractivity contribution in [2.24, 2.45) is 0 Å². The molecule has 0 saturated carbocycles. The van der Waals surface area contributed by atoms with Gasteiger partial charge in [0, 0.05) is 24.0 Å². The average molecular weight is 506 g/mol. The van der Waals surface area contributed by atoms with Gasteiger partial charge in [0.25, 0.3) is 0 Å². The van der Waals surface area contributed by atoms with Crippen molar-refractivity contribution in [3.05, 3.63) is 69.5 Å². The maximum absolute atomic E-state index is 14.0. The molecule has 0 radical (unpaired) electrons. The van der Waals surface area contributed by atoms with Crippen molar-refractivity contribution in [1.29, 1.82) is 0 Å². The first kappa shape index (κ1) is 27.6. The zero-order valence-electron chi connectivity index (χ0n) is 20.7. The fourth-order valence-electron chi connectivity index (χ4n) is 4.88. The molecular formula is C28H37ClFNO4. The van der Waals surface area contributed by atoms with Gasteiger partial charge in [0.2, 0.25) is 0 Å². The van der Waals surface area contributed by atoms with Crippen molar-refractivity contribution >= 4 is 17.6 Å². The van der Waals surface area contributed by atoms with Crippen LogP contribution in [0.1, 0.15) is 67.4 Å². The summed E-state index contributed by atoms with van der Waals surface area (Å²) >= 11 is 6.25. The van der Waals surface area contributed by atoms with Crippen LogP contribution in [-0.4, -0.2) is 52.9 Å². The van der Waals surface area contributed by atoms with Crippen LogP contribution in [-0.2, 0) is 22.4 Å². The van der Waals surface area contributed by atoms with Gasteiger partial charge in [-0.25, -0.2) is 4.39 Å². The summed E-state index contributed by atoms with van der Waals surface area (Å²) in [7, 11) is 0. The van der Waals surface area contributed by atoms with E-state index in [-0.39, 0.29) is 31.0 Å². The molecule has 0 spiro atoms. The smallest absolute Gasteiger partial charge is 0.303 e. The van der Waals surface area contributed by atoms with Crippen LogP contribution in [0.2, 0.25) is 5.02 Å². The number of aliphatic carboxylic acids is 1. The highest BCUT2D eigenvalue weighted by Gasteiger charge is 2.27. The largest absolute Gasteiger partial charge is 0.481 e. The number of ether oxygens (including phenoxy) is 1. The number of aliphatic hydroxyl groups excluding tert-OH is 1. The molecule has 0 aliphatic carbocycles. The van der Waals surface area contributed by atoms with Gasteiger partial charge in [-0.15, -0.1) is 0 Å². The monoisotopic (exact) mass is 505 g/mol. The van der Waals surface area contributed by atoms with Crippen molar-refractivity contribution in [3.8, 4) is 0 Å². The van der Waals surface area contributed by atoms with Gasteiger partial charge in [-0.1, -0.05) is 43.1 Å². The van der Waals surface area contributed by atoms with E-state index < -0.39 is 12.1 Å². The summed E-state index contributed by atoms with van der Waals surface area (Å²) in [5.74, 6) is -1.02. The SMILES string of the molecule is CCC[C@@H](OC[C@H](O)CN1CCCC1Cc1ccc(C)c(F)c1)c1cc(Cl)ccc1CCC(=O)O. The Morgan fingerprint density at radius 3 is 2.80 bits per heavy atom. The Morgan fingerprint density at radius 2 is 2.09 bits per heavy atom. The van der Waals surface area contributed by atoms with Crippen LogP contribution in [0.4, 0.5) is 4.39 Å². The standard InChI is InChI=1S/C28H37ClFNO4/c1-3-5-27(25-16-22(29)11-9-21(25)10-12-28(33)34)35-18-24(32)17-31-13-4-6-23(31)14-20-8-7-19(2)26(30)15-20/h7-9,11,15-16,23-24,27,32H,3-6,10,12-14,17-18H2,1-2H3,(H,33,34)/t23?,24-,27-/m1/s1. The number of rotatable bonds is 13. The van der Waals surface area contributed by atoms with Gasteiger partial charge >= 0.3 is 5.97 Å². The van der Waals surface area contributed by atoms with Crippen LogP contribution in [0.3, 0.4) is 0 Å². The van der Waals surface area contributed by atoms with E-state index in [1.807, 2.05) is 24.3 Å². The maximum Gasteiger partial charge on any atom is 0.303 e. The minimum atomic E-state index is -0.845. The molecule has 0 amide bonds. The molecule has 2 aromatic carbocycles. The molecule has 5 nitrogen and oxygen atoms in total. The fraction of sp³-hybridized carbons (Fsp3) is 0.536. The van der Waals surface area contributed by atoms with Crippen LogP contribution in [0.15, 0.2) is 36.4 Å². The number of halogens is 2. The van der Waals surface area contributed by atoms with Crippen LogP contribution in [0.25, 0.3) is 0 Å². The molecule has 2 N–H and O–H groups in total. The lowest BCUT2D eigenvalue weighted by atomic mass is 9.96. The fourth-order valence-corrected chi connectivity index (χ4v) is 5.06. The summed E-state index contributed by atoms with van der Waals surface area (Å²) in [6.07, 6.45) is 4.00. The summed E-state index contributed by atoms with van der Waals surface area (Å²) in [6, 6.07) is 11.2. The Morgan fingerprint density at radius 1 is 1.29 bits per heavy atom. The average Bonchev–Trinajstić information content (AvgIpc) is 3.24. The molecule has 192 valence electrons. The predicted molar refractivity (Wildman–Crippen MR) is 136 cm³/mol. The Labute approximate surface area is 212 Å². The van der Waals surface area contributed by atoms with Gasteiger partial charge in [-0.05, 0) is 86.0 Å². The number of benzene rings is 2. The van der Waals surface area contributed by atoms with Crippen molar-refractivity contribution in [2.75, 3.05) is 19.7 Å². The first-order valence-corrected chi connectivity index (χ1v) is 12.9. The molecule has 1 aliphatic heterocycles. The van der Waals surface area contributed by atoms with Gasteiger partial charge in [0.1, 0.15) is 5.82 Å². The summed E-state index contributed by atoms with van der Waals surface area (Å²) in [4.78, 5) is 13.4. The number of nitrogens with zero attached hydrogens (tertiary/aromatic N) is 1. The zero-order chi connectivity index (χ0) is 25.4. The number of aliphatic hydroxyl groups is 1. The third-order valence-corrected chi connectivity index (χ3v) is 6.99. The zero-order valence-corrected chi connectivity index (χ0v) is 21.4. The topological polar surface area (TPSA) is 70.0 Å². The van der Waals surface area contributed by atoms with E-state index in [0.29, 0.717) is 23.6 Å². The summed E-state index contributed by atoms with van der Waals surface area (Å²) in [6.45, 7) is 5.41. The number of carbonyl (C=O) groups is 1. The van der Waals surface area contributed by atoms with Crippen molar-refractivity contribution in [3.63, 3.8) is 0 Å². The second-order valence-corrected chi connectivity index (χ2v) is 10.0. The molecule has 0 aromatic heterocycles. The van der Waals surface area contributed by atoms with Crippen molar-refractivity contribution in [2.45, 2.75) is 77.0 Å². The lowest BCUT2D eigenvalue weighted by Gasteiger charge is -2.28. The van der Waals surface area contributed by atoms with Crippen molar-refractivity contribution < 1.29 is 24.1 Å². The first-order valence-electron chi connectivity index (χ1n) is 12.6. The Bertz CT molecular complexity index is 985. The molecule has 0 bridgehead atoms. The molecule has 1 unspecified atom stereocenters. The van der Waals surface area contributed by atoms with E-state index in [1.54, 1.807) is 19.1 Å². The van der Waals surface area contributed by atoms with Gasteiger partial charge < -0.3 is 14.9 Å². The lowest BCUT2D eigenvalue weighted by molar-refractivity contribution is -0.136. The van der Waals surface area contributed by atoms with Crippen LogP contribution >= 0.6 is 11.6 Å². The number of carboxylic acid groups (broad SMARTS) is 1. The quantitative estimate of drug-likeness (QED) is 0.364. The molecule has 3 rings (SSSR count). The lowest BCUT2D eigenvalue weighted by Crippen LogP contribution is -2.39. The number of likely N-dealkylation sites (tertiary alicyclic amines) is 1. The van der Waals surface area contributed by atoms with E-state index in [9.17, 15) is 14.3 Å². The first-order chi connectivity index (χ1) is 16.8. The van der Waals surface area contributed by atoms with Crippen LogP contribution in [0.5, 0.6) is 0 Å². The minimum Gasteiger partial charge on any atom is -0.481 e. The summed E-state index contributed by atoms with van der Waals surface area (Å²) in [5.41, 5.74) is 3.44. The molecular weight excluding hydrogens is 469 g/mol. The number of carboxylic acids is 1. The third-order valence-electron chi connectivity index (χ3n) is 6.76. The van der Waals surface area contributed by atoms with E-state index in [1.165, 1.54) is 0 Å². The van der Waals surface area contributed by atoms with Crippen molar-refractivity contribution in [1.82, 2.24) is 4.90 Å². The third kappa shape index (κ3) is 8.28. The van der Waals surface area contributed by atoms with Gasteiger partial charge in [-0.2, -0.15) is 0 Å². The summed E-state index contributed by atoms with van der Waals surface area (Å²) < 4.78 is 20.2. The normalized spacial score (nSPS) is 18.0. The highest BCUT2D eigenvalue weighted by molar-refractivity contribution is 6.30. The Kier molecular flexibility index (Phi) is 10.5. The molecule has 2 aromatic rings. The number of aryl methyl sites for hydroxylation is 2. The molecule has 35 heavy (non-hydrogen) atoms. The highest BCUT2D eigenvalue weighted by Crippen LogP contribution is 2.30. The molecule has 1 heterocycles. The van der Waals surface area contributed by atoms with Gasteiger partial charge in [-0.3, -0.25) is 9.69 Å². The molecule has 1 saturated heterocycles.